The number of rotatable bonds is 2. The number of benzene rings is 1. The van der Waals surface area contributed by atoms with E-state index in [0.29, 0.717) is 5.75 Å². The molecule has 0 heterocycles. The summed E-state index contributed by atoms with van der Waals surface area (Å²) in [5, 5.41) is 0. The van der Waals surface area contributed by atoms with Crippen molar-refractivity contribution in [3.63, 3.8) is 0 Å². The molecule has 1 aromatic carbocycles. The van der Waals surface area contributed by atoms with Crippen molar-refractivity contribution in [2.45, 2.75) is 0 Å². The summed E-state index contributed by atoms with van der Waals surface area (Å²) in [5.41, 5.74) is 0. The van der Waals surface area contributed by atoms with Gasteiger partial charge in [0.05, 0.1) is 0 Å². The Balaban J connectivity index is 0. The minimum atomic E-state index is -2.78. The van der Waals surface area contributed by atoms with Crippen molar-refractivity contribution >= 4 is 8.25 Å². The molecule has 0 spiro atoms. The molecule has 0 N–H and O–H groups in total. The fourth-order valence-corrected chi connectivity index (χ4v) is 0.861. The van der Waals surface area contributed by atoms with Gasteiger partial charge in [0.2, 0.25) is 0 Å². The van der Waals surface area contributed by atoms with Gasteiger partial charge in [-0.05, 0) is 16.7 Å². The summed E-state index contributed by atoms with van der Waals surface area (Å²) in [6.45, 7) is 0. The Kier molecular flexibility index (Phi) is 11.2. The van der Waals surface area contributed by atoms with Crippen LogP contribution in [0.1, 0.15) is 0 Å². The Labute approximate surface area is 116 Å². The molecule has 1 aromatic rings. The van der Waals surface area contributed by atoms with Gasteiger partial charge >= 0.3 is 67.4 Å². The average molecular weight is 202 g/mol. The molecule has 12 heavy (non-hydrogen) atoms. The summed E-state index contributed by atoms with van der Waals surface area (Å²) in [7, 11) is -2.78. The van der Waals surface area contributed by atoms with E-state index in [1.807, 2.05) is 0 Å². The second kappa shape index (κ2) is 8.67. The molecule has 0 saturated heterocycles. The van der Waals surface area contributed by atoms with Crippen molar-refractivity contribution in [1.82, 2.24) is 0 Å². The molecule has 0 aliphatic carbocycles. The molecule has 0 aliphatic rings. The van der Waals surface area contributed by atoms with Crippen molar-refractivity contribution in [2.75, 3.05) is 0 Å². The Morgan fingerprint density at radius 3 is 2.08 bits per heavy atom. The standard InChI is InChI=1S/C6H5O3P.2Na/c7-10(8)9-6-4-2-1-3-5-6;;/h1-5H;;/q;2*+1. The zero-order chi connectivity index (χ0) is 7.40. The van der Waals surface area contributed by atoms with E-state index in [2.05, 4.69) is 4.52 Å². The molecule has 3 nitrogen and oxygen atoms in total. The normalized spacial score (nSPS) is 8.92. The maximum atomic E-state index is 9.98. The predicted octanol–water partition coefficient (Wildman–Crippen LogP) is -4.91. The Morgan fingerprint density at radius 2 is 1.67 bits per heavy atom. The molecule has 1 atom stereocenters. The van der Waals surface area contributed by atoms with Crippen LogP contribution in [0.4, 0.5) is 0 Å². The molecule has 6 heteroatoms. The van der Waals surface area contributed by atoms with Crippen LogP contribution in [-0.2, 0) is 4.57 Å². The van der Waals surface area contributed by atoms with E-state index in [1.54, 1.807) is 30.3 Å². The summed E-state index contributed by atoms with van der Waals surface area (Å²) >= 11 is 0. The maximum Gasteiger partial charge on any atom is 1.00 e. The largest absolute Gasteiger partial charge is 1.00 e. The molecular formula is C6H5Na2O3P+2. The van der Waals surface area contributed by atoms with E-state index in [1.165, 1.54) is 0 Å². The fraction of sp³-hybridized carbons (Fsp3) is 0. The van der Waals surface area contributed by atoms with Crippen LogP contribution in [0.3, 0.4) is 0 Å². The van der Waals surface area contributed by atoms with Crippen LogP contribution in [0.25, 0.3) is 0 Å². The molecule has 0 bridgehead atoms. The van der Waals surface area contributed by atoms with Gasteiger partial charge < -0.3 is 4.89 Å². The summed E-state index contributed by atoms with van der Waals surface area (Å²) in [6.07, 6.45) is 0. The third kappa shape index (κ3) is 6.58. The minimum absolute atomic E-state index is 0. The molecule has 1 unspecified atom stereocenters. The quantitative estimate of drug-likeness (QED) is 0.357. The minimum Gasteiger partial charge on any atom is -0.558 e. The van der Waals surface area contributed by atoms with Gasteiger partial charge in [-0.3, -0.25) is 4.52 Å². The molecule has 0 saturated carbocycles. The summed E-state index contributed by atoms with van der Waals surface area (Å²) in [5.74, 6) is 0.346. The van der Waals surface area contributed by atoms with Crippen LogP contribution in [0.15, 0.2) is 30.3 Å². The van der Waals surface area contributed by atoms with Crippen LogP contribution in [-0.4, -0.2) is 0 Å². The summed E-state index contributed by atoms with van der Waals surface area (Å²) in [6, 6.07) is 8.34. The maximum absolute atomic E-state index is 9.98. The first-order valence-corrected chi connectivity index (χ1v) is 3.76. The van der Waals surface area contributed by atoms with Crippen LogP contribution >= 0.6 is 8.25 Å². The van der Waals surface area contributed by atoms with Gasteiger partial charge in [0.25, 0.3) is 0 Å². The van der Waals surface area contributed by atoms with Crippen LogP contribution in [0.2, 0.25) is 0 Å². The third-order valence-corrected chi connectivity index (χ3v) is 1.28. The summed E-state index contributed by atoms with van der Waals surface area (Å²) in [4.78, 5) is 9.98. The van der Waals surface area contributed by atoms with E-state index in [9.17, 15) is 9.46 Å². The van der Waals surface area contributed by atoms with Gasteiger partial charge in [0, 0.05) is 0 Å². The predicted molar refractivity (Wildman–Crippen MR) is 34.7 cm³/mol. The SMILES string of the molecule is O=[P+]([O-])Oc1ccccc1.[Na+].[Na+]. The van der Waals surface area contributed by atoms with Crippen LogP contribution in [0.5, 0.6) is 5.75 Å². The second-order valence-electron chi connectivity index (χ2n) is 1.63. The van der Waals surface area contributed by atoms with Gasteiger partial charge in [-0.1, -0.05) is 18.2 Å². The first-order chi connectivity index (χ1) is 4.79. The zero-order valence-corrected chi connectivity index (χ0v) is 12.0. The number of hydrogen-bond donors (Lipinski definition) is 0. The van der Waals surface area contributed by atoms with Crippen molar-refractivity contribution in [3.05, 3.63) is 30.3 Å². The van der Waals surface area contributed by atoms with Gasteiger partial charge in [-0.25, -0.2) is 0 Å². The van der Waals surface area contributed by atoms with Crippen LogP contribution in [0, 0.1) is 0 Å². The van der Waals surface area contributed by atoms with Gasteiger partial charge in [0.15, 0.2) is 5.75 Å². The molecule has 52 valence electrons. The smallest absolute Gasteiger partial charge is 0.558 e. The first-order valence-electron chi connectivity index (χ1n) is 2.66. The van der Waals surface area contributed by atoms with E-state index in [-0.39, 0.29) is 59.1 Å². The second-order valence-corrected chi connectivity index (χ2v) is 2.26. The summed E-state index contributed by atoms with van der Waals surface area (Å²) < 4.78 is 14.4. The Morgan fingerprint density at radius 1 is 1.17 bits per heavy atom. The van der Waals surface area contributed by atoms with E-state index < -0.39 is 8.25 Å². The fourth-order valence-electron chi connectivity index (χ4n) is 0.567. The zero-order valence-electron chi connectivity index (χ0n) is 7.06. The molecular weight excluding hydrogens is 197 g/mol. The molecule has 0 aromatic heterocycles. The first kappa shape index (κ1) is 15.5. The molecule has 1 rings (SSSR count). The van der Waals surface area contributed by atoms with Crippen molar-refractivity contribution in [1.29, 1.82) is 0 Å². The molecule has 0 aliphatic heterocycles. The van der Waals surface area contributed by atoms with E-state index >= 15 is 0 Å². The number of para-hydroxylation sites is 1. The molecule has 0 radical (unpaired) electrons. The van der Waals surface area contributed by atoms with Gasteiger partial charge in [0.1, 0.15) is 0 Å². The molecule has 0 fully saturated rings. The molecule has 0 amide bonds. The van der Waals surface area contributed by atoms with Gasteiger partial charge in [-0.2, -0.15) is 0 Å². The van der Waals surface area contributed by atoms with E-state index in [0.717, 1.165) is 0 Å². The van der Waals surface area contributed by atoms with E-state index in [4.69, 9.17) is 0 Å². The Bertz CT molecular complexity index is 229. The van der Waals surface area contributed by atoms with Crippen LogP contribution < -0.4 is 68.5 Å². The Hall–Kier alpha value is 1.08. The monoisotopic (exact) mass is 202 g/mol. The van der Waals surface area contributed by atoms with Gasteiger partial charge in [-0.15, -0.1) is 0 Å². The topological polar surface area (TPSA) is 49.4 Å². The van der Waals surface area contributed by atoms with Crippen molar-refractivity contribution in [3.8, 4) is 5.75 Å². The third-order valence-electron chi connectivity index (χ3n) is 0.923. The number of hydrogen-bond acceptors (Lipinski definition) is 3. The average Bonchev–Trinajstić information content (AvgIpc) is 1.88. The van der Waals surface area contributed by atoms with Crippen molar-refractivity contribution < 1.29 is 73.1 Å². The van der Waals surface area contributed by atoms with Crippen molar-refractivity contribution in [2.24, 2.45) is 0 Å².